The van der Waals surface area contributed by atoms with Gasteiger partial charge >= 0.3 is 0 Å². The van der Waals surface area contributed by atoms with Crippen LogP contribution < -0.4 is 0 Å². The lowest BCUT2D eigenvalue weighted by molar-refractivity contribution is -0.0489. The number of terminal acetylenes is 3. The third-order valence-electron chi connectivity index (χ3n) is 8.26. The molecule has 0 bridgehead atoms. The molecule has 6 heteroatoms. The minimum Gasteiger partial charge on any atom is -0.394 e. The summed E-state index contributed by atoms with van der Waals surface area (Å²) in [6.45, 7) is -0.259. The first-order valence-electron chi connectivity index (χ1n) is 14.2. The fourth-order valence-corrected chi connectivity index (χ4v) is 5.93. The smallest absolute Gasteiger partial charge is 0.155 e. The summed E-state index contributed by atoms with van der Waals surface area (Å²) in [6.07, 6.45) is 17.3. The summed E-state index contributed by atoms with van der Waals surface area (Å²) in [5, 5.41) is 28.2. The first kappa shape index (κ1) is 28.7. The summed E-state index contributed by atoms with van der Waals surface area (Å²) < 4.78 is 7.32. The van der Waals surface area contributed by atoms with Gasteiger partial charge in [-0.2, -0.15) is 0 Å². The number of rotatable bonds is 7. The molecular weight excluding hydrogens is 546 g/mol. The average molecular weight is 576 g/mol. The maximum atomic E-state index is 10.1. The highest BCUT2D eigenvalue weighted by Crippen LogP contribution is 2.45. The van der Waals surface area contributed by atoms with E-state index in [1.807, 2.05) is 48.5 Å². The molecule has 6 rings (SSSR count). The molecule has 44 heavy (non-hydrogen) atoms. The van der Waals surface area contributed by atoms with Gasteiger partial charge in [0.05, 0.1) is 24.3 Å². The zero-order valence-corrected chi connectivity index (χ0v) is 23.8. The Morgan fingerprint density at radius 1 is 0.727 bits per heavy atom. The Kier molecular flexibility index (Phi) is 7.86. The van der Waals surface area contributed by atoms with Crippen LogP contribution in [-0.2, 0) is 10.2 Å². The van der Waals surface area contributed by atoms with Crippen LogP contribution in [0.4, 0.5) is 0 Å². The fourth-order valence-electron chi connectivity index (χ4n) is 5.93. The van der Waals surface area contributed by atoms with E-state index in [1.165, 1.54) is 0 Å². The van der Waals surface area contributed by atoms with E-state index in [1.54, 1.807) is 10.9 Å². The Balaban J connectivity index is 1.48. The van der Waals surface area contributed by atoms with Crippen molar-refractivity contribution in [3.05, 3.63) is 142 Å². The number of nitrogens with zero attached hydrogens (tertiary/aromatic N) is 3. The predicted octanol–water partition coefficient (Wildman–Crippen LogP) is 4.91. The van der Waals surface area contributed by atoms with Gasteiger partial charge in [-0.1, -0.05) is 83.6 Å². The Morgan fingerprint density at radius 3 is 1.55 bits per heavy atom. The second-order valence-electron chi connectivity index (χ2n) is 10.7. The van der Waals surface area contributed by atoms with E-state index in [0.717, 1.165) is 44.5 Å². The van der Waals surface area contributed by atoms with Crippen LogP contribution in [-0.4, -0.2) is 44.0 Å². The van der Waals surface area contributed by atoms with Crippen LogP contribution in [0, 0.1) is 37.0 Å². The third-order valence-corrected chi connectivity index (χ3v) is 8.26. The van der Waals surface area contributed by atoms with E-state index in [9.17, 15) is 10.2 Å². The van der Waals surface area contributed by atoms with Gasteiger partial charge in [0.15, 0.2) is 6.23 Å². The Bertz CT molecular complexity index is 1750. The SMILES string of the molecule is C#Cc1ccc(C(c2ccc(C#C)cc2)(c2ccc(C#C)cc2)c2ccc(-c3cn([C@H]4C[C@@H](O)[C@@H](CO)O4)nn3)cc2)cc1. The van der Waals surface area contributed by atoms with Crippen molar-refractivity contribution in [2.75, 3.05) is 6.61 Å². The van der Waals surface area contributed by atoms with E-state index in [4.69, 9.17) is 24.0 Å². The lowest BCUT2D eigenvalue weighted by atomic mass is 9.65. The van der Waals surface area contributed by atoms with E-state index in [2.05, 4.69) is 76.6 Å². The molecule has 1 aliphatic rings. The van der Waals surface area contributed by atoms with Crippen LogP contribution in [0.3, 0.4) is 0 Å². The summed E-state index contributed by atoms with van der Waals surface area (Å²) in [5.74, 6) is 8.15. The van der Waals surface area contributed by atoms with Gasteiger partial charge in [0.1, 0.15) is 11.8 Å². The second-order valence-corrected chi connectivity index (χ2v) is 10.7. The number of aromatic nitrogens is 3. The van der Waals surface area contributed by atoms with Crippen LogP contribution in [0.25, 0.3) is 11.3 Å². The maximum Gasteiger partial charge on any atom is 0.155 e. The molecule has 2 N–H and O–H groups in total. The van der Waals surface area contributed by atoms with Crippen LogP contribution in [0.2, 0.25) is 0 Å². The number of hydrogen-bond donors (Lipinski definition) is 2. The number of benzene rings is 4. The quantitative estimate of drug-likeness (QED) is 0.213. The van der Waals surface area contributed by atoms with E-state index in [-0.39, 0.29) is 6.61 Å². The zero-order chi connectivity index (χ0) is 30.7. The van der Waals surface area contributed by atoms with Crippen LogP contribution in [0.15, 0.2) is 103 Å². The molecule has 1 fully saturated rings. The highest BCUT2D eigenvalue weighted by Gasteiger charge is 2.39. The van der Waals surface area contributed by atoms with Crippen molar-refractivity contribution >= 4 is 0 Å². The van der Waals surface area contributed by atoms with Gasteiger partial charge in [-0.25, -0.2) is 4.68 Å². The lowest BCUT2D eigenvalue weighted by Crippen LogP contribution is -2.31. The summed E-state index contributed by atoms with van der Waals surface area (Å²) in [6, 6.07) is 32.3. The van der Waals surface area contributed by atoms with Gasteiger partial charge in [0.2, 0.25) is 0 Å². The van der Waals surface area contributed by atoms with Crippen molar-refractivity contribution < 1.29 is 14.9 Å². The molecule has 4 aromatic carbocycles. The summed E-state index contributed by atoms with van der Waals surface area (Å²) >= 11 is 0. The molecular formula is C38H29N3O3. The Hall–Kier alpha value is -5.42. The average Bonchev–Trinajstić information content (AvgIpc) is 3.73. The Morgan fingerprint density at radius 2 is 1.16 bits per heavy atom. The van der Waals surface area contributed by atoms with E-state index >= 15 is 0 Å². The lowest BCUT2D eigenvalue weighted by Gasteiger charge is -2.37. The molecule has 0 amide bonds. The standard InChI is InChI=1S/C38H29N3O3/c1-4-26-7-15-30(16-8-26)38(31-17-9-27(5-2)10-18-31,32-19-11-28(6-3)12-20-32)33-21-13-29(14-22-33)34-24-41(40-39-34)37-23-35(43)36(25-42)44-37/h1-3,7-22,24,35-37,42-43H,23,25H2/t35-,36-,37-/m1/s1. The predicted molar refractivity (Wildman–Crippen MR) is 169 cm³/mol. The molecule has 0 unspecified atom stereocenters. The van der Waals surface area contributed by atoms with Crippen LogP contribution in [0.1, 0.15) is 51.6 Å². The largest absolute Gasteiger partial charge is 0.394 e. The van der Waals surface area contributed by atoms with Crippen LogP contribution >= 0.6 is 0 Å². The second kappa shape index (κ2) is 12.1. The van der Waals surface area contributed by atoms with Crippen molar-refractivity contribution in [1.29, 1.82) is 0 Å². The molecule has 0 spiro atoms. The molecule has 3 atom stereocenters. The normalized spacial score (nSPS) is 17.8. The molecule has 0 saturated carbocycles. The molecule has 1 aromatic heterocycles. The first-order chi connectivity index (χ1) is 21.5. The van der Waals surface area contributed by atoms with Gasteiger partial charge < -0.3 is 14.9 Å². The van der Waals surface area contributed by atoms with Crippen molar-refractivity contribution in [3.8, 4) is 48.3 Å². The minimum atomic E-state index is -0.760. The highest BCUT2D eigenvalue weighted by molar-refractivity contribution is 5.65. The van der Waals surface area contributed by atoms with Crippen molar-refractivity contribution in [3.63, 3.8) is 0 Å². The van der Waals surface area contributed by atoms with Gasteiger partial charge in [-0.05, 0) is 58.7 Å². The molecule has 6 nitrogen and oxygen atoms in total. The van der Waals surface area contributed by atoms with Crippen LogP contribution in [0.5, 0.6) is 0 Å². The molecule has 5 aromatic rings. The van der Waals surface area contributed by atoms with Crippen molar-refractivity contribution in [1.82, 2.24) is 15.0 Å². The highest BCUT2D eigenvalue weighted by atomic mass is 16.5. The first-order valence-corrected chi connectivity index (χ1v) is 14.2. The van der Waals surface area contributed by atoms with Gasteiger partial charge in [-0.15, -0.1) is 24.4 Å². The minimum absolute atomic E-state index is 0.259. The number of aliphatic hydroxyl groups excluding tert-OH is 2. The molecule has 214 valence electrons. The molecule has 1 saturated heterocycles. The summed E-state index contributed by atoms with van der Waals surface area (Å²) in [4.78, 5) is 0. The monoisotopic (exact) mass is 575 g/mol. The maximum absolute atomic E-state index is 10.1. The van der Waals surface area contributed by atoms with E-state index < -0.39 is 23.9 Å². The van der Waals surface area contributed by atoms with Gasteiger partial charge in [-0.3, -0.25) is 0 Å². The van der Waals surface area contributed by atoms with Gasteiger partial charge in [0, 0.05) is 28.7 Å². The van der Waals surface area contributed by atoms with E-state index in [0.29, 0.717) is 12.1 Å². The molecule has 2 heterocycles. The van der Waals surface area contributed by atoms with Gasteiger partial charge in [0.25, 0.3) is 0 Å². The number of hydrogen-bond acceptors (Lipinski definition) is 5. The Labute approximate surface area is 257 Å². The summed E-state index contributed by atoms with van der Waals surface area (Å²) in [7, 11) is 0. The number of aliphatic hydroxyl groups is 2. The topological polar surface area (TPSA) is 80.4 Å². The molecule has 0 aliphatic carbocycles. The zero-order valence-electron chi connectivity index (χ0n) is 23.8. The number of ether oxygens (including phenoxy) is 1. The van der Waals surface area contributed by atoms with Crippen molar-refractivity contribution in [2.24, 2.45) is 0 Å². The summed E-state index contributed by atoms with van der Waals surface area (Å²) in [5.41, 5.74) is 7.21. The molecule has 0 radical (unpaired) electrons. The fraction of sp³-hybridized carbons (Fsp3) is 0.158. The third kappa shape index (κ3) is 5.07. The molecule has 1 aliphatic heterocycles. The van der Waals surface area contributed by atoms with Crippen molar-refractivity contribution in [2.45, 2.75) is 30.3 Å².